The number of ether oxygens (including phenoxy) is 4. The van der Waals surface area contributed by atoms with Gasteiger partial charge in [0.25, 0.3) is 0 Å². The molecule has 2 heterocycles. The summed E-state index contributed by atoms with van der Waals surface area (Å²) in [6.45, 7) is 0.948. The van der Waals surface area contributed by atoms with Crippen LogP contribution in [0.5, 0.6) is 0 Å². The molecular formula is C13H24O10. The number of methoxy groups -OCH3 is 1. The molecule has 2 saturated heterocycles. The second-order valence-electron chi connectivity index (χ2n) is 5.72. The average Bonchev–Trinajstić information content (AvgIpc) is 2.54. The second-order valence-corrected chi connectivity index (χ2v) is 5.72. The van der Waals surface area contributed by atoms with Gasteiger partial charge in [0.15, 0.2) is 12.6 Å². The zero-order valence-electron chi connectivity index (χ0n) is 12.8. The van der Waals surface area contributed by atoms with Gasteiger partial charge in [0.05, 0.1) is 12.7 Å². The van der Waals surface area contributed by atoms with Crippen LogP contribution in [0.15, 0.2) is 0 Å². The van der Waals surface area contributed by atoms with Crippen LogP contribution in [0.4, 0.5) is 0 Å². The van der Waals surface area contributed by atoms with Crippen LogP contribution in [0.2, 0.25) is 0 Å². The molecule has 0 aliphatic carbocycles. The van der Waals surface area contributed by atoms with Gasteiger partial charge >= 0.3 is 0 Å². The van der Waals surface area contributed by atoms with Crippen molar-refractivity contribution in [1.82, 2.24) is 0 Å². The SMILES string of the molecule is CO[C@@H]1O[C@H](CO)[C@@H](O)[C@H](O)[C@H]1O[C@@H]1O[C@H](C)[C@@H](O)[C@H](O)[C@H]1O. The molecule has 0 aromatic carbocycles. The Morgan fingerprint density at radius 1 is 0.826 bits per heavy atom. The average molecular weight is 340 g/mol. The quantitative estimate of drug-likeness (QED) is 0.300. The summed E-state index contributed by atoms with van der Waals surface area (Å²) in [4.78, 5) is 0. The lowest BCUT2D eigenvalue weighted by Gasteiger charge is -2.45. The molecule has 0 aromatic rings. The predicted octanol–water partition coefficient (Wildman–Crippen LogP) is -3.72. The smallest absolute Gasteiger partial charge is 0.187 e. The highest BCUT2D eigenvalue weighted by atomic mass is 16.8. The maximum atomic E-state index is 10.1. The van der Waals surface area contributed by atoms with Crippen molar-refractivity contribution in [3.63, 3.8) is 0 Å². The number of aliphatic hydroxyl groups is 6. The number of hydrogen-bond donors (Lipinski definition) is 6. The van der Waals surface area contributed by atoms with Gasteiger partial charge < -0.3 is 49.6 Å². The third-order valence-corrected chi connectivity index (χ3v) is 4.16. The molecular weight excluding hydrogens is 316 g/mol. The van der Waals surface area contributed by atoms with Gasteiger partial charge in [-0.2, -0.15) is 0 Å². The Kier molecular flexibility index (Phi) is 6.30. The summed E-state index contributed by atoms with van der Waals surface area (Å²) in [6, 6.07) is 0. The molecule has 10 atom stereocenters. The fraction of sp³-hybridized carbons (Fsp3) is 1.00. The van der Waals surface area contributed by atoms with Crippen LogP contribution < -0.4 is 0 Å². The van der Waals surface area contributed by atoms with Gasteiger partial charge in [-0.15, -0.1) is 0 Å². The standard InChI is InChI=1S/C13H24O10/c1-4-6(15)8(17)10(19)12(21-4)23-11-9(18)7(16)5(3-14)22-13(11)20-2/h4-19H,3H2,1-2H3/t4-,5-,6-,7-,8+,9+,10-,11-,12+,13-/m1/s1. The van der Waals surface area contributed by atoms with Crippen LogP contribution in [-0.4, -0.2) is 106 Å². The van der Waals surface area contributed by atoms with Gasteiger partial charge in [0, 0.05) is 7.11 Å². The van der Waals surface area contributed by atoms with Crippen molar-refractivity contribution in [3.05, 3.63) is 0 Å². The van der Waals surface area contributed by atoms with E-state index in [1.165, 1.54) is 14.0 Å². The number of aliphatic hydroxyl groups excluding tert-OH is 6. The summed E-state index contributed by atoms with van der Waals surface area (Å²) >= 11 is 0. The number of hydrogen-bond acceptors (Lipinski definition) is 10. The summed E-state index contributed by atoms with van der Waals surface area (Å²) in [5.41, 5.74) is 0. The van der Waals surface area contributed by atoms with Crippen molar-refractivity contribution in [2.75, 3.05) is 13.7 Å². The van der Waals surface area contributed by atoms with Crippen LogP contribution in [0.1, 0.15) is 6.92 Å². The summed E-state index contributed by atoms with van der Waals surface area (Å²) in [7, 11) is 1.28. The molecule has 6 N–H and O–H groups in total. The molecule has 0 unspecified atom stereocenters. The molecule has 2 aliphatic rings. The lowest BCUT2D eigenvalue weighted by molar-refractivity contribution is -0.361. The van der Waals surface area contributed by atoms with Gasteiger partial charge in [0.2, 0.25) is 0 Å². The van der Waals surface area contributed by atoms with E-state index in [1.54, 1.807) is 0 Å². The minimum atomic E-state index is -1.57. The maximum Gasteiger partial charge on any atom is 0.187 e. The minimum Gasteiger partial charge on any atom is -0.394 e. The Bertz CT molecular complexity index is 380. The minimum absolute atomic E-state index is 0.532. The third kappa shape index (κ3) is 3.66. The van der Waals surface area contributed by atoms with Crippen molar-refractivity contribution >= 4 is 0 Å². The second kappa shape index (κ2) is 7.66. The molecule has 10 nitrogen and oxygen atoms in total. The van der Waals surface area contributed by atoms with Crippen LogP contribution in [0, 0.1) is 0 Å². The summed E-state index contributed by atoms with van der Waals surface area (Å²) in [5.74, 6) is 0. The van der Waals surface area contributed by atoms with Gasteiger partial charge in [0.1, 0.15) is 42.7 Å². The van der Waals surface area contributed by atoms with E-state index in [4.69, 9.17) is 24.1 Å². The van der Waals surface area contributed by atoms with Crippen LogP contribution in [0.3, 0.4) is 0 Å². The normalized spacial score (nSPS) is 51.7. The van der Waals surface area contributed by atoms with Crippen molar-refractivity contribution in [1.29, 1.82) is 0 Å². The van der Waals surface area contributed by atoms with E-state index < -0.39 is 68.0 Å². The fourth-order valence-electron chi connectivity index (χ4n) is 2.67. The Morgan fingerprint density at radius 2 is 1.48 bits per heavy atom. The molecule has 0 saturated carbocycles. The summed E-state index contributed by atoms with van der Waals surface area (Å²) in [6.07, 6.45) is -12.9. The first-order chi connectivity index (χ1) is 10.8. The lowest BCUT2D eigenvalue weighted by Crippen LogP contribution is -2.64. The molecule has 0 aromatic heterocycles. The molecule has 23 heavy (non-hydrogen) atoms. The predicted molar refractivity (Wildman–Crippen MR) is 72.0 cm³/mol. The van der Waals surface area contributed by atoms with Crippen molar-refractivity contribution < 1.29 is 49.6 Å². The maximum absolute atomic E-state index is 10.1. The Balaban J connectivity index is 2.10. The van der Waals surface area contributed by atoms with E-state index in [1.807, 2.05) is 0 Å². The summed E-state index contributed by atoms with van der Waals surface area (Å²) in [5, 5.41) is 58.5. The van der Waals surface area contributed by atoms with E-state index in [-0.39, 0.29) is 0 Å². The largest absolute Gasteiger partial charge is 0.394 e. The topological polar surface area (TPSA) is 158 Å². The number of rotatable bonds is 4. The van der Waals surface area contributed by atoms with Crippen LogP contribution >= 0.6 is 0 Å². The van der Waals surface area contributed by atoms with Gasteiger partial charge in [-0.3, -0.25) is 0 Å². The van der Waals surface area contributed by atoms with E-state index >= 15 is 0 Å². The molecule has 2 fully saturated rings. The first-order valence-corrected chi connectivity index (χ1v) is 7.32. The molecule has 0 spiro atoms. The fourth-order valence-corrected chi connectivity index (χ4v) is 2.67. The van der Waals surface area contributed by atoms with Gasteiger partial charge in [-0.25, -0.2) is 0 Å². The van der Waals surface area contributed by atoms with Crippen molar-refractivity contribution in [3.8, 4) is 0 Å². The molecule has 0 bridgehead atoms. The van der Waals surface area contributed by atoms with E-state index in [2.05, 4.69) is 0 Å². The Labute approximate surface area is 132 Å². The van der Waals surface area contributed by atoms with Gasteiger partial charge in [-0.1, -0.05) is 0 Å². The monoisotopic (exact) mass is 340 g/mol. The summed E-state index contributed by atoms with van der Waals surface area (Å²) < 4.78 is 21.0. The van der Waals surface area contributed by atoms with E-state index in [0.717, 1.165) is 0 Å². The van der Waals surface area contributed by atoms with E-state index in [0.29, 0.717) is 0 Å². The molecule has 2 aliphatic heterocycles. The lowest BCUT2D eigenvalue weighted by atomic mass is 9.97. The third-order valence-electron chi connectivity index (χ3n) is 4.16. The highest BCUT2D eigenvalue weighted by molar-refractivity contribution is 4.92. The highest BCUT2D eigenvalue weighted by Crippen LogP contribution is 2.29. The van der Waals surface area contributed by atoms with Crippen molar-refractivity contribution in [2.24, 2.45) is 0 Å². The Hall–Kier alpha value is -0.400. The molecule has 10 heteroatoms. The first kappa shape index (κ1) is 18.9. The van der Waals surface area contributed by atoms with Crippen LogP contribution in [0.25, 0.3) is 0 Å². The zero-order chi connectivity index (χ0) is 17.3. The highest BCUT2D eigenvalue weighted by Gasteiger charge is 2.49. The zero-order valence-corrected chi connectivity index (χ0v) is 12.8. The molecule has 136 valence electrons. The van der Waals surface area contributed by atoms with E-state index in [9.17, 15) is 25.5 Å². The Morgan fingerprint density at radius 3 is 2.04 bits per heavy atom. The molecule has 0 amide bonds. The molecule has 2 rings (SSSR count). The first-order valence-electron chi connectivity index (χ1n) is 7.32. The van der Waals surface area contributed by atoms with Crippen LogP contribution in [-0.2, 0) is 18.9 Å². The van der Waals surface area contributed by atoms with Gasteiger partial charge in [-0.05, 0) is 6.92 Å². The molecule has 0 radical (unpaired) electrons. The van der Waals surface area contributed by atoms with Crippen molar-refractivity contribution in [2.45, 2.75) is 68.3 Å².